The number of carbonyl (C=O) groups is 4. The van der Waals surface area contributed by atoms with Crippen LogP contribution in [0, 0.1) is 11.8 Å². The predicted octanol–water partition coefficient (Wildman–Crippen LogP) is 2.23. The Morgan fingerprint density at radius 2 is 1.67 bits per heavy atom. The maximum Gasteiger partial charge on any atom is 0.335 e. The van der Waals surface area contributed by atoms with Gasteiger partial charge in [0.25, 0.3) is 11.8 Å². The van der Waals surface area contributed by atoms with Crippen LogP contribution in [-0.2, 0) is 24.0 Å². The molecular formula is C17H32N2O5. The van der Waals surface area contributed by atoms with Crippen LogP contribution < -0.4 is 5.73 Å². The second kappa shape index (κ2) is 14.8. The van der Waals surface area contributed by atoms with Gasteiger partial charge in [-0.05, 0) is 5.92 Å². The van der Waals surface area contributed by atoms with Crippen molar-refractivity contribution in [3.8, 4) is 0 Å². The largest absolute Gasteiger partial charge is 0.335 e. The fourth-order valence-corrected chi connectivity index (χ4v) is 1.47. The first-order valence-corrected chi connectivity index (χ1v) is 8.42. The van der Waals surface area contributed by atoms with E-state index in [4.69, 9.17) is 4.79 Å². The van der Waals surface area contributed by atoms with E-state index in [1.54, 1.807) is 13.8 Å². The lowest BCUT2D eigenvalue weighted by Gasteiger charge is -2.13. The molecule has 0 saturated carbocycles. The van der Waals surface area contributed by atoms with E-state index in [1.165, 1.54) is 19.3 Å². The molecule has 24 heavy (non-hydrogen) atoms. The fourth-order valence-electron chi connectivity index (χ4n) is 1.47. The minimum Gasteiger partial charge on any atom is -0.330 e. The Morgan fingerprint density at radius 1 is 1.21 bits per heavy atom. The maximum atomic E-state index is 11.0. The third kappa shape index (κ3) is 12.8. The molecule has 1 saturated heterocycles. The van der Waals surface area contributed by atoms with Gasteiger partial charge in [-0.2, -0.15) is 0 Å². The summed E-state index contributed by atoms with van der Waals surface area (Å²) in [5, 5.41) is 0.558. The molecule has 0 aromatic rings. The molecule has 7 heteroatoms. The molecule has 1 fully saturated rings. The molecule has 0 radical (unpaired) electrons. The molecule has 1 rings (SSSR count). The van der Waals surface area contributed by atoms with Gasteiger partial charge in [-0.1, -0.05) is 53.9 Å². The van der Waals surface area contributed by atoms with Crippen molar-refractivity contribution >= 4 is 24.1 Å². The van der Waals surface area contributed by atoms with Gasteiger partial charge in [0.1, 0.15) is 6.29 Å². The number of hydroxylamine groups is 2. The van der Waals surface area contributed by atoms with E-state index in [1.807, 2.05) is 0 Å². The number of amides is 2. The molecule has 0 atom stereocenters. The summed E-state index contributed by atoms with van der Waals surface area (Å²) in [6, 6.07) is 0. The van der Waals surface area contributed by atoms with Gasteiger partial charge >= 0.3 is 5.97 Å². The summed E-state index contributed by atoms with van der Waals surface area (Å²) in [7, 11) is 0. The highest BCUT2D eigenvalue weighted by Crippen LogP contribution is 2.13. The third-order valence-electron chi connectivity index (χ3n) is 2.89. The molecular weight excluding hydrogens is 312 g/mol. The van der Waals surface area contributed by atoms with E-state index in [0.717, 1.165) is 5.92 Å². The number of unbranched alkanes of at least 4 members (excludes halogenated alkanes) is 1. The smallest absolute Gasteiger partial charge is 0.330 e. The molecule has 0 aromatic carbocycles. The van der Waals surface area contributed by atoms with E-state index < -0.39 is 17.8 Å². The third-order valence-corrected chi connectivity index (χ3v) is 2.89. The van der Waals surface area contributed by atoms with E-state index in [2.05, 4.69) is 31.3 Å². The molecule has 0 unspecified atom stereocenters. The summed E-state index contributed by atoms with van der Waals surface area (Å²) in [5.41, 5.74) is 4.66. The number of hydrogen-bond donors (Lipinski definition) is 1. The lowest BCUT2D eigenvalue weighted by Crippen LogP contribution is -2.33. The molecule has 0 aromatic heterocycles. The minimum absolute atomic E-state index is 0.129. The van der Waals surface area contributed by atoms with Crippen LogP contribution in [0.5, 0.6) is 0 Å². The Labute approximate surface area is 144 Å². The lowest BCUT2D eigenvalue weighted by atomic mass is 10.1. The van der Waals surface area contributed by atoms with Crippen molar-refractivity contribution in [3.05, 3.63) is 0 Å². The van der Waals surface area contributed by atoms with Crippen molar-refractivity contribution in [3.63, 3.8) is 0 Å². The highest BCUT2D eigenvalue weighted by atomic mass is 16.7. The van der Waals surface area contributed by atoms with Crippen LogP contribution in [-0.4, -0.2) is 35.7 Å². The molecule has 0 bridgehead atoms. The molecule has 7 nitrogen and oxygen atoms in total. The summed E-state index contributed by atoms with van der Waals surface area (Å²) in [4.78, 5) is 46.6. The van der Waals surface area contributed by atoms with Gasteiger partial charge in [0.2, 0.25) is 0 Å². The number of rotatable bonds is 6. The van der Waals surface area contributed by atoms with Crippen molar-refractivity contribution in [2.75, 3.05) is 6.54 Å². The first-order valence-electron chi connectivity index (χ1n) is 8.42. The van der Waals surface area contributed by atoms with Crippen LogP contribution >= 0.6 is 0 Å². The van der Waals surface area contributed by atoms with E-state index in [0.29, 0.717) is 11.3 Å². The zero-order valence-corrected chi connectivity index (χ0v) is 15.5. The first kappa shape index (κ1) is 24.5. The van der Waals surface area contributed by atoms with E-state index in [9.17, 15) is 14.4 Å². The normalized spacial score (nSPS) is 13.2. The van der Waals surface area contributed by atoms with Crippen LogP contribution in [0.1, 0.15) is 66.7 Å². The fraction of sp³-hybridized carbons (Fsp3) is 0.765. The van der Waals surface area contributed by atoms with Gasteiger partial charge in [0.05, 0.1) is 5.92 Å². The quantitative estimate of drug-likeness (QED) is 0.585. The summed E-state index contributed by atoms with van der Waals surface area (Å²) in [6.07, 6.45) is 5.06. The standard InChI is InChI=1S/C8H11NO4.C7H16.C2H5NO/c1-5(2)8(12)13-9-6(10)3-4-7(9)11;1-4-5-6-7(2)3;3-1-2-4/h5H,3-4H2,1-2H3;7H,4-6H2,1-3H3;2H,1,3H2. The summed E-state index contributed by atoms with van der Waals surface area (Å²) >= 11 is 0. The number of carbonyl (C=O) groups excluding carboxylic acids is 4. The average molecular weight is 344 g/mol. The summed E-state index contributed by atoms with van der Waals surface area (Å²) < 4.78 is 0. The van der Waals surface area contributed by atoms with Crippen molar-refractivity contribution < 1.29 is 24.0 Å². The van der Waals surface area contributed by atoms with Crippen LogP contribution in [0.15, 0.2) is 0 Å². The predicted molar refractivity (Wildman–Crippen MR) is 91.5 cm³/mol. The van der Waals surface area contributed by atoms with Gasteiger partial charge in [0, 0.05) is 19.4 Å². The Kier molecular flexibility index (Phi) is 15.1. The van der Waals surface area contributed by atoms with Crippen molar-refractivity contribution in [2.45, 2.75) is 66.7 Å². The Balaban J connectivity index is 0. The second-order valence-electron chi connectivity index (χ2n) is 6.09. The molecule has 1 aliphatic heterocycles. The zero-order valence-electron chi connectivity index (χ0n) is 15.5. The molecule has 140 valence electrons. The van der Waals surface area contributed by atoms with Gasteiger partial charge in [-0.3, -0.25) is 9.59 Å². The number of aldehydes is 1. The summed E-state index contributed by atoms with van der Waals surface area (Å²) in [6.45, 7) is 10.2. The SMILES string of the molecule is CC(C)C(=O)ON1C(=O)CCC1=O.CCCCC(C)C.NCC=O. The van der Waals surface area contributed by atoms with Gasteiger partial charge < -0.3 is 15.4 Å². The van der Waals surface area contributed by atoms with Gasteiger partial charge in [-0.25, -0.2) is 4.79 Å². The molecule has 1 aliphatic rings. The van der Waals surface area contributed by atoms with Crippen LogP contribution in [0.2, 0.25) is 0 Å². The lowest BCUT2D eigenvalue weighted by molar-refractivity contribution is -0.199. The second-order valence-corrected chi connectivity index (χ2v) is 6.09. The molecule has 0 spiro atoms. The van der Waals surface area contributed by atoms with Crippen molar-refractivity contribution in [1.82, 2.24) is 5.06 Å². The van der Waals surface area contributed by atoms with Crippen molar-refractivity contribution in [2.24, 2.45) is 17.6 Å². The topological polar surface area (TPSA) is 107 Å². The molecule has 2 amide bonds. The number of nitrogens with zero attached hydrogens (tertiary/aromatic N) is 1. The Morgan fingerprint density at radius 3 is 1.92 bits per heavy atom. The monoisotopic (exact) mass is 344 g/mol. The molecule has 1 heterocycles. The highest BCUT2D eigenvalue weighted by molar-refractivity contribution is 6.01. The number of nitrogens with two attached hydrogens (primary N) is 1. The first-order chi connectivity index (χ1) is 11.2. The van der Waals surface area contributed by atoms with Crippen LogP contribution in [0.3, 0.4) is 0 Å². The average Bonchev–Trinajstić information content (AvgIpc) is 2.85. The van der Waals surface area contributed by atoms with Crippen LogP contribution in [0.4, 0.5) is 0 Å². The number of hydrogen-bond acceptors (Lipinski definition) is 6. The van der Waals surface area contributed by atoms with Gasteiger partial charge in [0.15, 0.2) is 0 Å². The van der Waals surface area contributed by atoms with E-state index >= 15 is 0 Å². The molecule has 0 aliphatic carbocycles. The number of imide groups is 1. The van der Waals surface area contributed by atoms with E-state index in [-0.39, 0.29) is 25.3 Å². The summed E-state index contributed by atoms with van der Waals surface area (Å²) in [5.74, 6) is -0.900. The maximum absolute atomic E-state index is 11.0. The Hall–Kier alpha value is -1.76. The van der Waals surface area contributed by atoms with Gasteiger partial charge in [-0.15, -0.1) is 5.06 Å². The van der Waals surface area contributed by atoms with Crippen molar-refractivity contribution in [1.29, 1.82) is 0 Å². The zero-order chi connectivity index (χ0) is 19.1. The van der Waals surface area contributed by atoms with Crippen LogP contribution in [0.25, 0.3) is 0 Å². The molecule has 2 N–H and O–H groups in total. The Bertz CT molecular complexity index is 378. The minimum atomic E-state index is -0.566. The highest BCUT2D eigenvalue weighted by Gasteiger charge is 2.33.